The summed E-state index contributed by atoms with van der Waals surface area (Å²) in [5, 5.41) is 3.24. The van der Waals surface area contributed by atoms with Crippen LogP contribution in [0.15, 0.2) is 69.0 Å². The summed E-state index contributed by atoms with van der Waals surface area (Å²) in [7, 11) is -3.69. The number of nitrogens with zero attached hydrogens (tertiary/aromatic N) is 2. The van der Waals surface area contributed by atoms with Gasteiger partial charge in [-0.2, -0.15) is 0 Å². The molecule has 0 atom stereocenters. The molecule has 0 unspecified atom stereocenters. The SMILES string of the molecule is O=c1c2cc(NS(=O)(=O)c3cccs3)ccc2nc2n1CCc1c-2[nH]c2ccccc12. The zero-order valence-corrected chi connectivity index (χ0v) is 17.8. The van der Waals surface area contributed by atoms with E-state index in [1.807, 2.05) is 18.2 Å². The molecule has 0 spiro atoms. The van der Waals surface area contributed by atoms with E-state index >= 15 is 0 Å². The Balaban J connectivity index is 1.49. The number of hydrogen-bond donors (Lipinski definition) is 2. The number of H-pyrrole nitrogens is 1. The predicted molar refractivity (Wildman–Crippen MR) is 122 cm³/mol. The number of aryl methyl sites for hydroxylation is 1. The van der Waals surface area contributed by atoms with E-state index in [0.29, 0.717) is 29.0 Å². The van der Waals surface area contributed by atoms with Crippen molar-refractivity contribution >= 4 is 48.9 Å². The highest BCUT2D eigenvalue weighted by Crippen LogP contribution is 2.33. The number of anilines is 1. The van der Waals surface area contributed by atoms with Crippen LogP contribution in [0.4, 0.5) is 5.69 Å². The molecule has 0 bridgehead atoms. The third-order valence-corrected chi connectivity index (χ3v) is 8.37. The normalized spacial score (nSPS) is 13.3. The van der Waals surface area contributed by atoms with Crippen molar-refractivity contribution in [3.05, 3.63) is 75.9 Å². The Hall–Kier alpha value is -3.43. The van der Waals surface area contributed by atoms with E-state index in [9.17, 15) is 13.2 Å². The van der Waals surface area contributed by atoms with Gasteiger partial charge >= 0.3 is 0 Å². The van der Waals surface area contributed by atoms with Crippen LogP contribution >= 0.6 is 11.3 Å². The molecule has 0 amide bonds. The smallest absolute Gasteiger partial charge is 0.271 e. The van der Waals surface area contributed by atoms with Gasteiger partial charge in [0.1, 0.15) is 4.21 Å². The highest BCUT2D eigenvalue weighted by Gasteiger charge is 2.24. The zero-order valence-electron chi connectivity index (χ0n) is 16.1. The van der Waals surface area contributed by atoms with E-state index < -0.39 is 10.0 Å². The van der Waals surface area contributed by atoms with Crippen molar-refractivity contribution < 1.29 is 8.42 Å². The lowest BCUT2D eigenvalue weighted by Gasteiger charge is -2.19. The number of aromatic amines is 1. The van der Waals surface area contributed by atoms with Gasteiger partial charge in [0.15, 0.2) is 5.82 Å². The minimum atomic E-state index is -3.69. The van der Waals surface area contributed by atoms with E-state index in [2.05, 4.69) is 15.8 Å². The van der Waals surface area contributed by atoms with Crippen molar-refractivity contribution in [2.45, 2.75) is 17.2 Å². The summed E-state index contributed by atoms with van der Waals surface area (Å²) in [5.74, 6) is 0.613. The second kappa shape index (κ2) is 6.53. The maximum Gasteiger partial charge on any atom is 0.271 e. The maximum absolute atomic E-state index is 13.3. The molecule has 0 saturated heterocycles. The molecule has 0 radical (unpaired) electrons. The van der Waals surface area contributed by atoms with Gasteiger partial charge in [-0.05, 0) is 47.7 Å². The first-order valence-corrected chi connectivity index (χ1v) is 12.1. The Labute approximate surface area is 181 Å². The number of fused-ring (bicyclic) bond motifs is 6. The third-order valence-electron chi connectivity index (χ3n) is 5.59. The largest absolute Gasteiger partial charge is 0.352 e. The minimum absolute atomic E-state index is 0.179. The monoisotopic (exact) mass is 448 g/mol. The van der Waals surface area contributed by atoms with Gasteiger partial charge < -0.3 is 4.98 Å². The molecule has 1 aliphatic rings. The lowest BCUT2D eigenvalue weighted by atomic mass is 10.0. The number of benzene rings is 2. The third kappa shape index (κ3) is 2.81. The quantitative estimate of drug-likeness (QED) is 0.437. The van der Waals surface area contributed by atoms with E-state index in [-0.39, 0.29) is 9.77 Å². The van der Waals surface area contributed by atoms with Crippen LogP contribution in [0, 0.1) is 0 Å². The maximum atomic E-state index is 13.3. The molecular weight excluding hydrogens is 432 g/mol. The van der Waals surface area contributed by atoms with Gasteiger partial charge in [0.05, 0.1) is 16.6 Å². The number of hydrogen-bond acceptors (Lipinski definition) is 5. The van der Waals surface area contributed by atoms with Gasteiger partial charge in [0.2, 0.25) is 0 Å². The molecule has 154 valence electrons. The number of thiophene rings is 1. The molecule has 7 nitrogen and oxygen atoms in total. The minimum Gasteiger partial charge on any atom is -0.352 e. The van der Waals surface area contributed by atoms with Gasteiger partial charge in [-0.25, -0.2) is 13.4 Å². The lowest BCUT2D eigenvalue weighted by molar-refractivity contribution is 0.603. The molecule has 9 heteroatoms. The first-order valence-electron chi connectivity index (χ1n) is 9.72. The van der Waals surface area contributed by atoms with Gasteiger partial charge in [0, 0.05) is 23.1 Å². The fraction of sp³-hybridized carbons (Fsp3) is 0.0909. The molecule has 3 aromatic heterocycles. The van der Waals surface area contributed by atoms with Gasteiger partial charge in [-0.15, -0.1) is 11.3 Å². The van der Waals surface area contributed by atoms with E-state index in [4.69, 9.17) is 4.98 Å². The lowest BCUT2D eigenvalue weighted by Crippen LogP contribution is -2.27. The Bertz CT molecular complexity index is 1650. The number of sulfonamides is 1. The van der Waals surface area contributed by atoms with E-state index in [0.717, 1.165) is 34.4 Å². The van der Waals surface area contributed by atoms with Crippen LogP contribution in [0.5, 0.6) is 0 Å². The standard InChI is InChI=1S/C22H16N4O3S2/c27-22-16-12-13(25-31(28,29)19-6-3-11-30-19)7-8-18(16)24-21-20-15(9-10-26(21)22)14-4-1-2-5-17(14)23-20/h1-8,11-12,23,25H,9-10H2. The molecule has 6 rings (SSSR count). The molecule has 2 aromatic carbocycles. The van der Waals surface area contributed by atoms with Crippen molar-refractivity contribution in [2.24, 2.45) is 0 Å². The van der Waals surface area contributed by atoms with Crippen molar-refractivity contribution in [1.29, 1.82) is 0 Å². The summed E-state index contributed by atoms with van der Waals surface area (Å²) < 4.78 is 29.5. The van der Waals surface area contributed by atoms with Crippen molar-refractivity contribution in [1.82, 2.24) is 14.5 Å². The van der Waals surface area contributed by atoms with Crippen LogP contribution in [0.2, 0.25) is 0 Å². The average Bonchev–Trinajstić information content (AvgIpc) is 3.43. The fourth-order valence-corrected chi connectivity index (χ4v) is 6.22. The van der Waals surface area contributed by atoms with Crippen LogP contribution in [0.1, 0.15) is 5.56 Å². The average molecular weight is 449 g/mol. The molecule has 0 aliphatic carbocycles. The molecule has 1 aliphatic heterocycles. The zero-order chi connectivity index (χ0) is 21.2. The topological polar surface area (TPSA) is 96.8 Å². The fourth-order valence-electron chi connectivity index (χ4n) is 4.18. The Morgan fingerprint density at radius 3 is 2.77 bits per heavy atom. The molecule has 5 aromatic rings. The second-order valence-corrected chi connectivity index (χ2v) is 10.3. The number of para-hydroxylation sites is 1. The van der Waals surface area contributed by atoms with Crippen molar-refractivity contribution in [3.8, 4) is 11.5 Å². The van der Waals surface area contributed by atoms with Crippen LogP contribution in [0.25, 0.3) is 33.3 Å². The molecule has 4 heterocycles. The highest BCUT2D eigenvalue weighted by molar-refractivity contribution is 7.94. The molecule has 2 N–H and O–H groups in total. The molecule has 0 fully saturated rings. The van der Waals surface area contributed by atoms with Crippen LogP contribution < -0.4 is 10.3 Å². The number of rotatable bonds is 3. The first kappa shape index (κ1) is 18.3. The summed E-state index contributed by atoms with van der Waals surface area (Å²) in [4.78, 5) is 21.4. The molecule has 0 saturated carbocycles. The van der Waals surface area contributed by atoms with Crippen molar-refractivity contribution in [2.75, 3.05) is 4.72 Å². The summed E-state index contributed by atoms with van der Waals surface area (Å²) in [5.41, 5.74) is 3.75. The molecule has 31 heavy (non-hydrogen) atoms. The Kier molecular flexibility index (Phi) is 3.87. The highest BCUT2D eigenvalue weighted by atomic mass is 32.2. The van der Waals surface area contributed by atoms with Gasteiger partial charge in [-0.3, -0.25) is 14.1 Å². The predicted octanol–water partition coefficient (Wildman–Crippen LogP) is 3.96. The van der Waals surface area contributed by atoms with Crippen LogP contribution in [-0.4, -0.2) is 23.0 Å². The van der Waals surface area contributed by atoms with E-state index in [1.54, 1.807) is 40.3 Å². The summed E-state index contributed by atoms with van der Waals surface area (Å²) >= 11 is 1.14. The number of aromatic nitrogens is 3. The van der Waals surface area contributed by atoms with Crippen molar-refractivity contribution in [3.63, 3.8) is 0 Å². The Morgan fingerprint density at radius 1 is 1.06 bits per heavy atom. The summed E-state index contributed by atoms with van der Waals surface area (Å²) in [6, 6.07) is 16.2. The molecular formula is C22H16N4O3S2. The van der Waals surface area contributed by atoms with Gasteiger partial charge in [0.25, 0.3) is 15.6 Å². The van der Waals surface area contributed by atoms with E-state index in [1.165, 1.54) is 5.56 Å². The van der Waals surface area contributed by atoms with Crippen LogP contribution in [-0.2, 0) is 23.0 Å². The Morgan fingerprint density at radius 2 is 1.94 bits per heavy atom. The number of nitrogens with one attached hydrogen (secondary N) is 2. The summed E-state index contributed by atoms with van der Waals surface area (Å²) in [6.45, 7) is 0.525. The van der Waals surface area contributed by atoms with Crippen LogP contribution in [0.3, 0.4) is 0 Å². The van der Waals surface area contributed by atoms with Gasteiger partial charge in [-0.1, -0.05) is 24.3 Å². The first-order chi connectivity index (χ1) is 15.0. The second-order valence-electron chi connectivity index (χ2n) is 7.44. The summed E-state index contributed by atoms with van der Waals surface area (Å²) in [6.07, 6.45) is 0.726.